The second-order valence-corrected chi connectivity index (χ2v) is 6.81. The topological polar surface area (TPSA) is 21.3 Å². The quantitative estimate of drug-likeness (QED) is 0.778. The highest BCUT2D eigenvalue weighted by atomic mass is 16.5. The van der Waals surface area contributed by atoms with Crippen LogP contribution in [0.25, 0.3) is 0 Å². The van der Waals surface area contributed by atoms with Crippen molar-refractivity contribution in [3.63, 3.8) is 0 Å². The molecule has 0 spiro atoms. The van der Waals surface area contributed by atoms with Gasteiger partial charge >= 0.3 is 0 Å². The van der Waals surface area contributed by atoms with Gasteiger partial charge in [0.15, 0.2) is 0 Å². The minimum atomic E-state index is -0.0132. The summed E-state index contributed by atoms with van der Waals surface area (Å²) >= 11 is 0. The van der Waals surface area contributed by atoms with E-state index in [0.717, 1.165) is 25.6 Å². The third-order valence-electron chi connectivity index (χ3n) is 3.19. The van der Waals surface area contributed by atoms with E-state index in [-0.39, 0.29) is 5.60 Å². The summed E-state index contributed by atoms with van der Waals surface area (Å²) in [7, 11) is 0. The van der Waals surface area contributed by atoms with Crippen LogP contribution in [0.1, 0.15) is 41.5 Å². The van der Waals surface area contributed by atoms with E-state index in [1.165, 1.54) is 0 Å². The predicted octanol–water partition coefficient (Wildman–Crippen LogP) is 2.68. The van der Waals surface area contributed by atoms with Crippen LogP contribution in [0.15, 0.2) is 0 Å². The second-order valence-electron chi connectivity index (χ2n) is 6.81. The van der Waals surface area contributed by atoms with Crippen molar-refractivity contribution < 1.29 is 4.74 Å². The molecule has 2 heteroatoms. The summed E-state index contributed by atoms with van der Waals surface area (Å²) in [6.45, 7) is 16.6. The van der Waals surface area contributed by atoms with E-state index >= 15 is 0 Å². The van der Waals surface area contributed by atoms with E-state index < -0.39 is 0 Å². The molecule has 0 radical (unpaired) electrons. The van der Waals surface area contributed by atoms with Gasteiger partial charge < -0.3 is 10.1 Å². The maximum atomic E-state index is 5.95. The highest BCUT2D eigenvalue weighted by Crippen LogP contribution is 2.35. The molecule has 0 aliphatic carbocycles. The Hall–Kier alpha value is -0.0800. The largest absolute Gasteiger partial charge is 0.376 e. The second kappa shape index (κ2) is 4.42. The standard InChI is InChI=1S/C13H27NO/c1-12(2,3)11(10-7-14-8-10)9-15-13(4,5)6/h10-11,14H,7-9H2,1-6H3/t11-/m0/s1. The molecule has 90 valence electrons. The molecular formula is C13H27NO. The van der Waals surface area contributed by atoms with Gasteiger partial charge in [-0.1, -0.05) is 20.8 Å². The van der Waals surface area contributed by atoms with Gasteiger partial charge in [0.1, 0.15) is 0 Å². The lowest BCUT2D eigenvalue weighted by Crippen LogP contribution is -2.51. The van der Waals surface area contributed by atoms with E-state index in [9.17, 15) is 0 Å². The van der Waals surface area contributed by atoms with E-state index in [2.05, 4.69) is 46.9 Å². The van der Waals surface area contributed by atoms with E-state index in [4.69, 9.17) is 4.74 Å². The molecule has 1 aliphatic rings. The lowest BCUT2D eigenvalue weighted by molar-refractivity contribution is -0.0626. The summed E-state index contributed by atoms with van der Waals surface area (Å²) in [5.41, 5.74) is 0.332. The molecule has 1 aliphatic heterocycles. The number of hydrogen-bond acceptors (Lipinski definition) is 2. The van der Waals surface area contributed by atoms with Crippen molar-refractivity contribution >= 4 is 0 Å². The molecule has 0 aromatic rings. The van der Waals surface area contributed by atoms with Gasteiger partial charge in [-0.2, -0.15) is 0 Å². The number of rotatable bonds is 3. The fourth-order valence-corrected chi connectivity index (χ4v) is 2.03. The zero-order valence-corrected chi connectivity index (χ0v) is 11.2. The van der Waals surface area contributed by atoms with Crippen molar-refractivity contribution in [2.75, 3.05) is 19.7 Å². The summed E-state index contributed by atoms with van der Waals surface area (Å²) in [6.07, 6.45) is 0. The van der Waals surface area contributed by atoms with Gasteiger partial charge in [-0.25, -0.2) is 0 Å². The molecule has 1 atom stereocenters. The molecule has 0 aromatic heterocycles. The average molecular weight is 213 g/mol. The minimum absolute atomic E-state index is 0.0132. The Morgan fingerprint density at radius 2 is 1.67 bits per heavy atom. The fourth-order valence-electron chi connectivity index (χ4n) is 2.03. The van der Waals surface area contributed by atoms with Gasteiger partial charge in [0.2, 0.25) is 0 Å². The highest BCUT2D eigenvalue weighted by molar-refractivity contribution is 4.88. The first-order chi connectivity index (χ1) is 6.70. The first-order valence-electron chi connectivity index (χ1n) is 6.05. The number of nitrogens with one attached hydrogen (secondary N) is 1. The third kappa shape index (κ3) is 4.12. The lowest BCUT2D eigenvalue weighted by atomic mass is 9.71. The normalized spacial score (nSPS) is 21.2. The Bertz CT molecular complexity index is 196. The first-order valence-corrected chi connectivity index (χ1v) is 6.05. The fraction of sp³-hybridized carbons (Fsp3) is 1.00. The molecule has 15 heavy (non-hydrogen) atoms. The Morgan fingerprint density at radius 3 is 1.93 bits per heavy atom. The minimum Gasteiger partial charge on any atom is -0.376 e. The van der Waals surface area contributed by atoms with Crippen LogP contribution in [-0.2, 0) is 4.74 Å². The van der Waals surface area contributed by atoms with Crippen LogP contribution < -0.4 is 5.32 Å². The van der Waals surface area contributed by atoms with Crippen molar-refractivity contribution in [2.24, 2.45) is 17.3 Å². The third-order valence-corrected chi connectivity index (χ3v) is 3.19. The van der Waals surface area contributed by atoms with Gasteiger partial charge in [-0.3, -0.25) is 0 Å². The van der Waals surface area contributed by atoms with Crippen molar-refractivity contribution in [3.8, 4) is 0 Å². The summed E-state index contributed by atoms with van der Waals surface area (Å²) in [5.74, 6) is 1.46. The lowest BCUT2D eigenvalue weighted by Gasteiger charge is -2.43. The predicted molar refractivity (Wildman–Crippen MR) is 65.0 cm³/mol. The van der Waals surface area contributed by atoms with E-state index in [0.29, 0.717) is 11.3 Å². The molecule has 0 amide bonds. The van der Waals surface area contributed by atoms with Crippen molar-refractivity contribution in [3.05, 3.63) is 0 Å². The van der Waals surface area contributed by atoms with Crippen LogP contribution in [0.3, 0.4) is 0 Å². The summed E-state index contributed by atoms with van der Waals surface area (Å²) < 4.78 is 5.95. The summed E-state index contributed by atoms with van der Waals surface area (Å²) in [5, 5.41) is 3.36. The highest BCUT2D eigenvalue weighted by Gasteiger charge is 2.36. The number of ether oxygens (including phenoxy) is 1. The zero-order chi connectivity index (χ0) is 11.7. The maximum absolute atomic E-state index is 5.95. The molecule has 1 heterocycles. The van der Waals surface area contributed by atoms with Crippen molar-refractivity contribution in [2.45, 2.75) is 47.1 Å². The smallest absolute Gasteiger partial charge is 0.0598 e. The first kappa shape index (κ1) is 13.0. The van der Waals surface area contributed by atoms with Crippen LogP contribution in [0.4, 0.5) is 0 Å². The SMILES string of the molecule is CC(C)(C)OC[C@@H](C1CNC1)C(C)(C)C. The van der Waals surface area contributed by atoms with Gasteiger partial charge in [-0.15, -0.1) is 0 Å². The Balaban J connectivity index is 2.50. The van der Waals surface area contributed by atoms with E-state index in [1.807, 2.05) is 0 Å². The number of hydrogen-bond donors (Lipinski definition) is 1. The average Bonchev–Trinajstić information content (AvgIpc) is 1.88. The summed E-state index contributed by atoms with van der Waals surface area (Å²) in [6, 6.07) is 0. The van der Waals surface area contributed by atoms with Gasteiger partial charge in [0.05, 0.1) is 12.2 Å². The molecule has 1 fully saturated rings. The van der Waals surface area contributed by atoms with E-state index in [1.54, 1.807) is 0 Å². The van der Waals surface area contributed by atoms with Crippen LogP contribution in [0.5, 0.6) is 0 Å². The molecule has 2 nitrogen and oxygen atoms in total. The molecular weight excluding hydrogens is 186 g/mol. The van der Waals surface area contributed by atoms with Crippen LogP contribution in [0.2, 0.25) is 0 Å². The Morgan fingerprint density at radius 1 is 1.13 bits per heavy atom. The molecule has 0 aromatic carbocycles. The Kier molecular flexibility index (Phi) is 3.83. The maximum Gasteiger partial charge on any atom is 0.0598 e. The van der Waals surface area contributed by atoms with Gasteiger partial charge in [0.25, 0.3) is 0 Å². The van der Waals surface area contributed by atoms with Crippen LogP contribution in [0, 0.1) is 17.3 Å². The van der Waals surface area contributed by atoms with Gasteiger partial charge in [0, 0.05) is 0 Å². The monoisotopic (exact) mass is 213 g/mol. The molecule has 0 bridgehead atoms. The van der Waals surface area contributed by atoms with Crippen molar-refractivity contribution in [1.82, 2.24) is 5.32 Å². The van der Waals surface area contributed by atoms with Crippen molar-refractivity contribution in [1.29, 1.82) is 0 Å². The molecule has 1 rings (SSSR count). The summed E-state index contributed by atoms with van der Waals surface area (Å²) in [4.78, 5) is 0. The van der Waals surface area contributed by atoms with Gasteiger partial charge in [-0.05, 0) is 51.1 Å². The molecule has 1 saturated heterocycles. The molecule has 1 N–H and O–H groups in total. The molecule has 0 unspecified atom stereocenters. The molecule has 0 saturated carbocycles. The van der Waals surface area contributed by atoms with Crippen LogP contribution >= 0.6 is 0 Å². The zero-order valence-electron chi connectivity index (χ0n) is 11.2. The Labute approximate surface area is 94.8 Å². The van der Waals surface area contributed by atoms with Crippen LogP contribution in [-0.4, -0.2) is 25.3 Å².